The fourth-order valence-corrected chi connectivity index (χ4v) is 4.99. The van der Waals surface area contributed by atoms with Crippen LogP contribution in [0, 0.1) is 23.7 Å². The summed E-state index contributed by atoms with van der Waals surface area (Å²) < 4.78 is 11.9. The van der Waals surface area contributed by atoms with Crippen LogP contribution in [0.4, 0.5) is 0 Å². The maximum atomic E-state index is 5.93. The monoisotopic (exact) mass is 386 g/mol. The Labute approximate surface area is 173 Å². The Morgan fingerprint density at radius 3 is 1.32 bits per heavy atom. The first-order chi connectivity index (χ1) is 13.7. The van der Waals surface area contributed by atoms with E-state index in [-0.39, 0.29) is 0 Å². The van der Waals surface area contributed by atoms with Gasteiger partial charge >= 0.3 is 0 Å². The number of benzene rings is 1. The van der Waals surface area contributed by atoms with Crippen LogP contribution in [0.15, 0.2) is 24.3 Å². The van der Waals surface area contributed by atoms with Crippen molar-refractivity contribution in [2.75, 3.05) is 13.2 Å². The Morgan fingerprint density at radius 1 is 0.607 bits per heavy atom. The van der Waals surface area contributed by atoms with Crippen molar-refractivity contribution in [3.8, 4) is 11.5 Å². The SMILES string of the molecule is C[C@H]1CC[C@H](CCCOc2ccc(OCCC[C@H]3CC[C@H](C)CC3)cc2)CC1. The molecule has 1 aromatic rings. The fraction of sp³-hybridized carbons (Fsp3) is 0.769. The van der Waals surface area contributed by atoms with E-state index in [1.165, 1.54) is 77.0 Å². The lowest BCUT2D eigenvalue weighted by molar-refractivity contribution is 0.242. The fourth-order valence-electron chi connectivity index (χ4n) is 4.99. The predicted octanol–water partition coefficient (Wildman–Crippen LogP) is 7.66. The Balaban J connectivity index is 1.23. The molecule has 2 fully saturated rings. The van der Waals surface area contributed by atoms with Crippen molar-refractivity contribution >= 4 is 0 Å². The third-order valence-corrected chi connectivity index (χ3v) is 7.15. The zero-order chi connectivity index (χ0) is 19.6. The van der Waals surface area contributed by atoms with Crippen LogP contribution in [0.1, 0.15) is 90.9 Å². The molecular formula is C26H42O2. The van der Waals surface area contributed by atoms with E-state index in [9.17, 15) is 0 Å². The van der Waals surface area contributed by atoms with E-state index in [1.54, 1.807) is 0 Å². The second-order valence-electron chi connectivity index (χ2n) is 9.70. The molecule has 1 aromatic carbocycles. The number of hydrogen-bond donors (Lipinski definition) is 0. The normalized spacial score (nSPS) is 28.1. The van der Waals surface area contributed by atoms with Crippen LogP contribution in [-0.4, -0.2) is 13.2 Å². The van der Waals surface area contributed by atoms with E-state index < -0.39 is 0 Å². The first kappa shape index (κ1) is 21.5. The minimum absolute atomic E-state index is 0.840. The molecule has 0 spiro atoms. The quantitative estimate of drug-likeness (QED) is 0.384. The molecule has 0 atom stereocenters. The minimum Gasteiger partial charge on any atom is -0.494 e. The lowest BCUT2D eigenvalue weighted by atomic mass is 9.81. The van der Waals surface area contributed by atoms with Gasteiger partial charge in [0.2, 0.25) is 0 Å². The third kappa shape index (κ3) is 7.68. The van der Waals surface area contributed by atoms with Crippen molar-refractivity contribution in [2.45, 2.75) is 90.9 Å². The summed E-state index contributed by atoms with van der Waals surface area (Å²) in [5, 5.41) is 0. The first-order valence-electron chi connectivity index (χ1n) is 12.0. The summed E-state index contributed by atoms with van der Waals surface area (Å²) in [5.74, 6) is 5.72. The van der Waals surface area contributed by atoms with E-state index in [2.05, 4.69) is 38.1 Å². The molecular weight excluding hydrogens is 344 g/mol. The predicted molar refractivity (Wildman–Crippen MR) is 118 cm³/mol. The molecule has 28 heavy (non-hydrogen) atoms. The zero-order valence-electron chi connectivity index (χ0n) is 18.3. The smallest absolute Gasteiger partial charge is 0.119 e. The number of hydrogen-bond acceptors (Lipinski definition) is 2. The molecule has 0 bridgehead atoms. The average Bonchev–Trinajstić information content (AvgIpc) is 2.72. The molecule has 0 radical (unpaired) electrons. The molecule has 0 unspecified atom stereocenters. The molecule has 2 heteroatoms. The van der Waals surface area contributed by atoms with Crippen LogP contribution in [-0.2, 0) is 0 Å². The number of ether oxygens (including phenoxy) is 2. The summed E-state index contributed by atoms with van der Waals surface area (Å²) in [4.78, 5) is 0. The van der Waals surface area contributed by atoms with Crippen molar-refractivity contribution in [3.05, 3.63) is 24.3 Å². The molecule has 2 aliphatic rings. The van der Waals surface area contributed by atoms with Gasteiger partial charge in [0.1, 0.15) is 11.5 Å². The summed E-state index contributed by atoms with van der Waals surface area (Å²) in [6.45, 7) is 6.46. The van der Waals surface area contributed by atoms with Gasteiger partial charge in [0.15, 0.2) is 0 Å². The van der Waals surface area contributed by atoms with Crippen LogP contribution in [0.25, 0.3) is 0 Å². The minimum atomic E-state index is 0.840. The standard InChI is InChI=1S/C26H42O2/c1-21-7-11-23(12-8-21)5-3-19-27-25-15-17-26(18-16-25)28-20-4-6-24-13-9-22(2)10-14-24/h15-18,21-24H,3-14,19-20H2,1-2H3/t21-,22-,23-,24-. The molecule has 0 aliphatic heterocycles. The molecule has 0 amide bonds. The number of rotatable bonds is 10. The van der Waals surface area contributed by atoms with Gasteiger partial charge in [-0.25, -0.2) is 0 Å². The molecule has 2 nitrogen and oxygen atoms in total. The molecule has 2 saturated carbocycles. The second kappa shape index (κ2) is 11.7. The molecule has 0 saturated heterocycles. The molecule has 0 N–H and O–H groups in total. The molecule has 3 rings (SSSR count). The second-order valence-corrected chi connectivity index (χ2v) is 9.70. The highest BCUT2D eigenvalue weighted by Gasteiger charge is 2.18. The van der Waals surface area contributed by atoms with Crippen molar-refractivity contribution in [1.82, 2.24) is 0 Å². The first-order valence-corrected chi connectivity index (χ1v) is 12.0. The van der Waals surface area contributed by atoms with Gasteiger partial charge in [-0.05, 0) is 73.6 Å². The van der Waals surface area contributed by atoms with Gasteiger partial charge in [-0.1, -0.05) is 65.2 Å². The molecule has 0 heterocycles. The van der Waals surface area contributed by atoms with E-state index in [0.717, 1.165) is 48.4 Å². The van der Waals surface area contributed by atoms with E-state index in [4.69, 9.17) is 9.47 Å². The Morgan fingerprint density at radius 2 is 0.964 bits per heavy atom. The van der Waals surface area contributed by atoms with Crippen LogP contribution < -0.4 is 9.47 Å². The van der Waals surface area contributed by atoms with Gasteiger partial charge in [0.25, 0.3) is 0 Å². The van der Waals surface area contributed by atoms with Crippen LogP contribution in [0.5, 0.6) is 11.5 Å². The van der Waals surface area contributed by atoms with Crippen molar-refractivity contribution < 1.29 is 9.47 Å². The van der Waals surface area contributed by atoms with Gasteiger partial charge in [0, 0.05) is 0 Å². The summed E-state index contributed by atoms with van der Waals surface area (Å²) in [6, 6.07) is 8.22. The summed E-state index contributed by atoms with van der Waals surface area (Å²) >= 11 is 0. The molecule has 2 aliphatic carbocycles. The van der Waals surface area contributed by atoms with Crippen molar-refractivity contribution in [3.63, 3.8) is 0 Å². The Kier molecular flexibility index (Phi) is 9.02. The lowest BCUT2D eigenvalue weighted by Crippen LogP contribution is -2.13. The van der Waals surface area contributed by atoms with Crippen molar-refractivity contribution in [1.29, 1.82) is 0 Å². The lowest BCUT2D eigenvalue weighted by Gasteiger charge is -2.26. The van der Waals surface area contributed by atoms with E-state index in [1.807, 2.05) is 0 Å². The summed E-state index contributed by atoms with van der Waals surface area (Å²) in [5.41, 5.74) is 0. The highest BCUT2D eigenvalue weighted by atomic mass is 16.5. The van der Waals surface area contributed by atoms with Gasteiger partial charge < -0.3 is 9.47 Å². The Hall–Kier alpha value is -1.18. The van der Waals surface area contributed by atoms with Gasteiger partial charge in [0.05, 0.1) is 13.2 Å². The third-order valence-electron chi connectivity index (χ3n) is 7.15. The highest BCUT2D eigenvalue weighted by molar-refractivity contribution is 5.31. The molecule has 158 valence electrons. The van der Waals surface area contributed by atoms with Gasteiger partial charge in [-0.3, -0.25) is 0 Å². The summed E-state index contributed by atoms with van der Waals surface area (Å²) in [6.07, 6.45) is 16.4. The van der Waals surface area contributed by atoms with E-state index >= 15 is 0 Å². The summed E-state index contributed by atoms with van der Waals surface area (Å²) in [7, 11) is 0. The van der Waals surface area contributed by atoms with Crippen LogP contribution in [0.3, 0.4) is 0 Å². The van der Waals surface area contributed by atoms with Gasteiger partial charge in [-0.2, -0.15) is 0 Å². The topological polar surface area (TPSA) is 18.5 Å². The average molecular weight is 387 g/mol. The maximum Gasteiger partial charge on any atom is 0.119 e. The van der Waals surface area contributed by atoms with Gasteiger partial charge in [-0.15, -0.1) is 0 Å². The Bertz CT molecular complexity index is 473. The van der Waals surface area contributed by atoms with Crippen LogP contribution >= 0.6 is 0 Å². The highest BCUT2D eigenvalue weighted by Crippen LogP contribution is 2.32. The van der Waals surface area contributed by atoms with Crippen molar-refractivity contribution in [2.24, 2.45) is 23.7 Å². The zero-order valence-corrected chi connectivity index (χ0v) is 18.3. The largest absolute Gasteiger partial charge is 0.494 e. The maximum absolute atomic E-state index is 5.93. The molecule has 0 aromatic heterocycles. The van der Waals surface area contributed by atoms with Crippen LogP contribution in [0.2, 0.25) is 0 Å². The van der Waals surface area contributed by atoms with E-state index in [0.29, 0.717) is 0 Å².